The van der Waals surface area contributed by atoms with Gasteiger partial charge >= 0.3 is 11.9 Å². The van der Waals surface area contributed by atoms with Gasteiger partial charge in [0.05, 0.1) is 6.61 Å². The molecule has 0 heterocycles. The summed E-state index contributed by atoms with van der Waals surface area (Å²) in [4.78, 5) is 23.1. The van der Waals surface area contributed by atoms with Gasteiger partial charge in [-0.05, 0) is 6.92 Å². The molecule has 0 aromatic heterocycles. The summed E-state index contributed by atoms with van der Waals surface area (Å²) >= 11 is 0. The summed E-state index contributed by atoms with van der Waals surface area (Å²) in [6.07, 6.45) is 0. The van der Waals surface area contributed by atoms with Crippen molar-refractivity contribution in [2.45, 2.75) is 34.6 Å². The maximum atomic E-state index is 11.8. The second kappa shape index (κ2) is 10.1. The Morgan fingerprint density at radius 2 is 1.33 bits per heavy atom. The lowest BCUT2D eigenvalue weighted by molar-refractivity contribution is 0.0510. The molecule has 6 heteroatoms. The lowest BCUT2D eigenvalue weighted by Crippen LogP contribution is -2.12. The van der Waals surface area contributed by atoms with E-state index in [1.54, 1.807) is 19.1 Å². The summed E-state index contributed by atoms with van der Waals surface area (Å²) in [5.41, 5.74) is -1.21. The third-order valence-electron chi connectivity index (χ3n) is 2.85. The van der Waals surface area contributed by atoms with Crippen LogP contribution in [0.15, 0.2) is 24.3 Å². The summed E-state index contributed by atoms with van der Waals surface area (Å²) in [7, 11) is 0. The Labute approximate surface area is 141 Å². The standard InChI is InChI=1S/C14H12O6.2C2H6/c1-2-20-14(19)10-9(13(17)18)11(15)7-5-3-4-6-8(7)12(10)16;2*1-2/h3-6,15-16H,2H2,1H3,(H,17,18);2*1-2H3. The van der Waals surface area contributed by atoms with Crippen LogP contribution in [-0.4, -0.2) is 33.9 Å². The first kappa shape index (κ1) is 21.2. The third kappa shape index (κ3) is 4.16. The van der Waals surface area contributed by atoms with Gasteiger partial charge in [0.1, 0.15) is 22.6 Å². The van der Waals surface area contributed by atoms with Crippen LogP contribution in [0.25, 0.3) is 10.8 Å². The van der Waals surface area contributed by atoms with Crippen molar-refractivity contribution in [3.63, 3.8) is 0 Å². The van der Waals surface area contributed by atoms with E-state index in [9.17, 15) is 19.8 Å². The predicted molar refractivity (Wildman–Crippen MR) is 92.9 cm³/mol. The van der Waals surface area contributed by atoms with Gasteiger partial charge in [-0.15, -0.1) is 0 Å². The van der Waals surface area contributed by atoms with E-state index in [4.69, 9.17) is 9.84 Å². The number of hydrogen-bond acceptors (Lipinski definition) is 5. The van der Waals surface area contributed by atoms with Crippen molar-refractivity contribution in [1.82, 2.24) is 0 Å². The number of aromatic hydroxyl groups is 2. The quantitative estimate of drug-likeness (QED) is 0.574. The first-order chi connectivity index (χ1) is 11.5. The molecule has 0 amide bonds. The highest BCUT2D eigenvalue weighted by molar-refractivity contribution is 6.13. The fraction of sp³-hybridized carbons (Fsp3) is 0.333. The van der Waals surface area contributed by atoms with Crippen molar-refractivity contribution in [3.8, 4) is 11.5 Å². The van der Waals surface area contributed by atoms with Crippen LogP contribution < -0.4 is 0 Å². The maximum absolute atomic E-state index is 11.8. The molecular weight excluding hydrogens is 312 g/mol. The van der Waals surface area contributed by atoms with E-state index in [1.165, 1.54) is 12.1 Å². The van der Waals surface area contributed by atoms with Crippen LogP contribution in [0, 0.1) is 0 Å². The maximum Gasteiger partial charge on any atom is 0.342 e. The smallest absolute Gasteiger partial charge is 0.342 e. The Kier molecular flexibility index (Phi) is 8.94. The zero-order chi connectivity index (χ0) is 18.9. The zero-order valence-corrected chi connectivity index (χ0v) is 14.6. The van der Waals surface area contributed by atoms with Crippen LogP contribution in [0.4, 0.5) is 0 Å². The van der Waals surface area contributed by atoms with Crippen molar-refractivity contribution >= 4 is 22.7 Å². The zero-order valence-electron chi connectivity index (χ0n) is 14.6. The number of carbonyl (C=O) groups excluding carboxylic acids is 1. The van der Waals surface area contributed by atoms with Gasteiger partial charge in [-0.3, -0.25) is 0 Å². The fourth-order valence-corrected chi connectivity index (χ4v) is 2.01. The molecule has 132 valence electrons. The van der Waals surface area contributed by atoms with Crippen LogP contribution in [0.5, 0.6) is 11.5 Å². The number of phenols is 2. The molecule has 24 heavy (non-hydrogen) atoms. The van der Waals surface area contributed by atoms with Gasteiger partial charge in [-0.1, -0.05) is 52.0 Å². The van der Waals surface area contributed by atoms with E-state index < -0.39 is 34.6 Å². The molecule has 6 nitrogen and oxygen atoms in total. The summed E-state index contributed by atoms with van der Waals surface area (Å²) in [6.45, 7) is 9.57. The van der Waals surface area contributed by atoms with Crippen molar-refractivity contribution in [2.24, 2.45) is 0 Å². The number of benzene rings is 2. The topological polar surface area (TPSA) is 104 Å². The molecule has 0 unspecified atom stereocenters. The Hall–Kier alpha value is -2.76. The van der Waals surface area contributed by atoms with Crippen LogP contribution in [0.3, 0.4) is 0 Å². The minimum atomic E-state index is -1.52. The minimum absolute atomic E-state index is 0.0188. The lowest BCUT2D eigenvalue weighted by Gasteiger charge is -2.13. The van der Waals surface area contributed by atoms with E-state index in [-0.39, 0.29) is 17.4 Å². The number of phenolic OH excluding ortho intramolecular Hbond substituents is 1. The Bertz CT molecular complexity index is 706. The SMILES string of the molecule is CC.CC.CCOC(=O)c1c(C(=O)O)c(O)c2ccccc2c1O. The second-order valence-electron chi connectivity index (χ2n) is 4.02. The van der Waals surface area contributed by atoms with Gasteiger partial charge in [0.2, 0.25) is 0 Å². The van der Waals surface area contributed by atoms with Crippen LogP contribution in [-0.2, 0) is 4.74 Å². The Morgan fingerprint density at radius 3 is 1.71 bits per heavy atom. The molecule has 0 radical (unpaired) electrons. The molecular formula is C18H24O6. The normalized spacial score (nSPS) is 9.21. The third-order valence-corrected chi connectivity index (χ3v) is 2.85. The van der Waals surface area contributed by atoms with E-state index in [1.807, 2.05) is 27.7 Å². The highest BCUT2D eigenvalue weighted by Gasteiger charge is 2.28. The van der Waals surface area contributed by atoms with Crippen LogP contribution >= 0.6 is 0 Å². The van der Waals surface area contributed by atoms with Crippen molar-refractivity contribution in [1.29, 1.82) is 0 Å². The molecule has 0 aliphatic carbocycles. The van der Waals surface area contributed by atoms with Crippen molar-refractivity contribution in [2.75, 3.05) is 6.61 Å². The van der Waals surface area contributed by atoms with Gasteiger partial charge in [-0.2, -0.15) is 0 Å². The van der Waals surface area contributed by atoms with Crippen molar-refractivity contribution < 1.29 is 29.6 Å². The molecule has 0 bridgehead atoms. The van der Waals surface area contributed by atoms with Crippen LogP contribution in [0.1, 0.15) is 55.3 Å². The number of fused-ring (bicyclic) bond motifs is 1. The number of carboxylic acid groups (broad SMARTS) is 1. The molecule has 0 fully saturated rings. The molecule has 0 atom stereocenters. The molecule has 2 rings (SSSR count). The van der Waals surface area contributed by atoms with E-state index in [2.05, 4.69) is 0 Å². The number of hydrogen-bond donors (Lipinski definition) is 3. The monoisotopic (exact) mass is 336 g/mol. The second-order valence-corrected chi connectivity index (χ2v) is 4.02. The average molecular weight is 336 g/mol. The van der Waals surface area contributed by atoms with Gasteiger partial charge in [0.15, 0.2) is 0 Å². The van der Waals surface area contributed by atoms with E-state index in [0.717, 1.165) is 0 Å². The molecule has 0 aliphatic rings. The summed E-state index contributed by atoms with van der Waals surface area (Å²) in [5.74, 6) is -3.61. The number of esters is 1. The molecule has 0 saturated heterocycles. The van der Waals surface area contributed by atoms with Gasteiger partial charge in [0.25, 0.3) is 0 Å². The summed E-state index contributed by atoms with van der Waals surface area (Å²) in [5, 5.41) is 29.7. The molecule has 0 aliphatic heterocycles. The summed E-state index contributed by atoms with van der Waals surface area (Å²) < 4.78 is 4.73. The highest BCUT2D eigenvalue weighted by atomic mass is 16.5. The fourth-order valence-electron chi connectivity index (χ4n) is 2.01. The average Bonchev–Trinajstić information content (AvgIpc) is 2.61. The van der Waals surface area contributed by atoms with Crippen LogP contribution in [0.2, 0.25) is 0 Å². The number of aromatic carboxylic acids is 1. The first-order valence-electron chi connectivity index (χ1n) is 7.86. The highest BCUT2D eigenvalue weighted by Crippen LogP contribution is 2.39. The molecule has 0 saturated carbocycles. The lowest BCUT2D eigenvalue weighted by atomic mass is 9.97. The van der Waals surface area contributed by atoms with E-state index in [0.29, 0.717) is 0 Å². The minimum Gasteiger partial charge on any atom is -0.506 e. The molecule has 3 N–H and O–H groups in total. The number of carbonyl (C=O) groups is 2. The molecule has 2 aromatic rings. The summed E-state index contributed by atoms with van der Waals surface area (Å²) in [6, 6.07) is 6.10. The Morgan fingerprint density at radius 1 is 0.917 bits per heavy atom. The Balaban J connectivity index is 0.00000123. The molecule has 2 aromatic carbocycles. The first-order valence-corrected chi connectivity index (χ1v) is 7.86. The molecule has 0 spiro atoms. The predicted octanol–water partition coefficient (Wildman–Crippen LogP) is 4.18. The van der Waals surface area contributed by atoms with Gasteiger partial charge < -0.3 is 20.1 Å². The number of carboxylic acids is 1. The van der Waals surface area contributed by atoms with E-state index >= 15 is 0 Å². The number of ether oxygens (including phenoxy) is 1. The van der Waals surface area contributed by atoms with Gasteiger partial charge in [-0.25, -0.2) is 9.59 Å². The largest absolute Gasteiger partial charge is 0.506 e. The van der Waals surface area contributed by atoms with Gasteiger partial charge in [0, 0.05) is 10.8 Å². The number of rotatable bonds is 3. The van der Waals surface area contributed by atoms with Crippen molar-refractivity contribution in [3.05, 3.63) is 35.4 Å².